The van der Waals surface area contributed by atoms with Crippen LogP contribution in [0.1, 0.15) is 78.6 Å². The lowest BCUT2D eigenvalue weighted by Crippen LogP contribution is -2.54. The van der Waals surface area contributed by atoms with E-state index in [1.807, 2.05) is 0 Å². The van der Waals surface area contributed by atoms with Gasteiger partial charge in [-0.2, -0.15) is 0 Å². The molecule has 4 fully saturated rings. The zero-order valence-electron chi connectivity index (χ0n) is 15.5. The van der Waals surface area contributed by atoms with Crippen LogP contribution in [-0.2, 0) is 14.3 Å². The monoisotopic (exact) mass is 332 g/mol. The van der Waals surface area contributed by atoms with Gasteiger partial charge in [0.1, 0.15) is 11.9 Å². The maximum atomic E-state index is 12.0. The fourth-order valence-corrected chi connectivity index (χ4v) is 7.39. The predicted molar refractivity (Wildman–Crippen MR) is 92.3 cm³/mol. The molecule has 4 aliphatic carbocycles. The van der Waals surface area contributed by atoms with Crippen LogP contribution in [0.4, 0.5) is 0 Å². The normalized spacial score (nSPS) is 50.6. The molecule has 0 N–H and O–H groups in total. The number of carbonyl (C=O) groups is 2. The van der Waals surface area contributed by atoms with E-state index in [1.54, 1.807) is 6.92 Å². The Balaban J connectivity index is 1.58. The Bertz CT molecular complexity index is 555. The average molecular weight is 332 g/mol. The highest BCUT2D eigenvalue weighted by Gasteiger charge is 2.60. The molecule has 0 unspecified atom stereocenters. The topological polar surface area (TPSA) is 43.4 Å². The number of esters is 1. The molecule has 24 heavy (non-hydrogen) atoms. The third-order valence-electron chi connectivity index (χ3n) is 8.70. The summed E-state index contributed by atoms with van der Waals surface area (Å²) in [4.78, 5) is 23.5. The first kappa shape index (κ1) is 16.6. The van der Waals surface area contributed by atoms with Gasteiger partial charge in [-0.15, -0.1) is 0 Å². The minimum Gasteiger partial charge on any atom is -0.462 e. The lowest BCUT2D eigenvalue weighted by Gasteiger charge is -2.60. The molecule has 4 aliphatic rings. The van der Waals surface area contributed by atoms with Crippen LogP contribution in [0.5, 0.6) is 0 Å². The molecule has 0 aliphatic heterocycles. The third kappa shape index (κ3) is 2.29. The summed E-state index contributed by atoms with van der Waals surface area (Å²) in [5.74, 6) is 3.25. The lowest BCUT2D eigenvalue weighted by molar-refractivity contribution is -0.162. The van der Waals surface area contributed by atoms with Gasteiger partial charge in [0, 0.05) is 25.2 Å². The Morgan fingerprint density at radius 1 is 1.00 bits per heavy atom. The summed E-state index contributed by atoms with van der Waals surface area (Å²) in [6.45, 7) is 6.42. The summed E-state index contributed by atoms with van der Waals surface area (Å²) in [7, 11) is 0. The van der Waals surface area contributed by atoms with Crippen molar-refractivity contribution in [1.29, 1.82) is 0 Å². The van der Waals surface area contributed by atoms with E-state index in [4.69, 9.17) is 4.74 Å². The summed E-state index contributed by atoms with van der Waals surface area (Å²) >= 11 is 0. The van der Waals surface area contributed by atoms with E-state index in [0.29, 0.717) is 23.0 Å². The number of carbonyl (C=O) groups excluding carboxylic acids is 2. The number of fused-ring (bicyclic) bond motifs is 5. The number of Topliss-reactive ketones (excluding diaryl/α,β-unsaturated/α-hetero) is 1. The molecule has 7 atom stereocenters. The molecule has 0 aromatic rings. The van der Waals surface area contributed by atoms with Crippen LogP contribution >= 0.6 is 0 Å². The van der Waals surface area contributed by atoms with Gasteiger partial charge in [-0.1, -0.05) is 13.8 Å². The molecule has 3 heteroatoms. The summed E-state index contributed by atoms with van der Waals surface area (Å²) < 4.78 is 5.73. The van der Waals surface area contributed by atoms with Gasteiger partial charge < -0.3 is 4.74 Å². The Morgan fingerprint density at radius 2 is 1.75 bits per heavy atom. The van der Waals surface area contributed by atoms with E-state index in [9.17, 15) is 9.59 Å². The molecule has 0 saturated heterocycles. The molecule has 0 spiro atoms. The smallest absolute Gasteiger partial charge is 0.302 e. The standard InChI is InChI=1S/C21H32O3/c1-13(22)24-19-7-6-17-16-5-4-14-12-15(23)8-10-20(14,2)18(16)9-11-21(17,19)3/h14,16-19H,4-12H2,1-3H3/t14-,16+,17+,18+,19-,20+,21+/m1/s1. The summed E-state index contributed by atoms with van der Waals surface area (Å²) in [6, 6.07) is 0. The van der Waals surface area contributed by atoms with Gasteiger partial charge in [-0.05, 0) is 74.0 Å². The highest BCUT2D eigenvalue weighted by atomic mass is 16.5. The van der Waals surface area contributed by atoms with Crippen LogP contribution in [0.2, 0.25) is 0 Å². The van der Waals surface area contributed by atoms with Crippen LogP contribution in [0.25, 0.3) is 0 Å². The van der Waals surface area contributed by atoms with Crippen molar-refractivity contribution in [2.24, 2.45) is 34.5 Å². The third-order valence-corrected chi connectivity index (χ3v) is 8.70. The second-order valence-corrected chi connectivity index (χ2v) is 9.62. The maximum absolute atomic E-state index is 12.0. The molecule has 0 radical (unpaired) electrons. The Labute approximate surface area is 145 Å². The Kier molecular flexibility index (Phi) is 3.85. The molecule has 4 saturated carbocycles. The van der Waals surface area contributed by atoms with Crippen LogP contribution < -0.4 is 0 Å². The molecule has 134 valence electrons. The van der Waals surface area contributed by atoms with E-state index >= 15 is 0 Å². The van der Waals surface area contributed by atoms with Gasteiger partial charge in [0.25, 0.3) is 0 Å². The van der Waals surface area contributed by atoms with Crippen molar-refractivity contribution in [3.05, 3.63) is 0 Å². The van der Waals surface area contributed by atoms with E-state index in [2.05, 4.69) is 13.8 Å². The minimum absolute atomic E-state index is 0.120. The van der Waals surface area contributed by atoms with Crippen molar-refractivity contribution in [2.75, 3.05) is 0 Å². The van der Waals surface area contributed by atoms with Gasteiger partial charge in [-0.25, -0.2) is 0 Å². The van der Waals surface area contributed by atoms with Crippen molar-refractivity contribution in [1.82, 2.24) is 0 Å². The van der Waals surface area contributed by atoms with Gasteiger partial charge >= 0.3 is 5.97 Å². The molecule has 0 aromatic carbocycles. The van der Waals surface area contributed by atoms with Crippen molar-refractivity contribution in [2.45, 2.75) is 84.7 Å². The van der Waals surface area contributed by atoms with Gasteiger partial charge in [0.2, 0.25) is 0 Å². The number of rotatable bonds is 1. The lowest BCUT2D eigenvalue weighted by atomic mass is 9.45. The molecular weight excluding hydrogens is 300 g/mol. The number of ether oxygens (including phenoxy) is 1. The summed E-state index contributed by atoms with van der Waals surface area (Å²) in [6.07, 6.45) is 10.1. The zero-order chi connectivity index (χ0) is 17.1. The fourth-order valence-electron chi connectivity index (χ4n) is 7.39. The highest BCUT2D eigenvalue weighted by Crippen LogP contribution is 2.66. The second kappa shape index (κ2) is 5.57. The maximum Gasteiger partial charge on any atom is 0.302 e. The molecular formula is C21H32O3. The Morgan fingerprint density at radius 3 is 2.50 bits per heavy atom. The van der Waals surface area contributed by atoms with Gasteiger partial charge in [0.15, 0.2) is 0 Å². The van der Waals surface area contributed by atoms with Crippen molar-refractivity contribution in [3.8, 4) is 0 Å². The van der Waals surface area contributed by atoms with E-state index in [1.165, 1.54) is 32.1 Å². The van der Waals surface area contributed by atoms with E-state index in [-0.39, 0.29) is 17.5 Å². The molecule has 3 nitrogen and oxygen atoms in total. The molecule has 4 rings (SSSR count). The van der Waals surface area contributed by atoms with E-state index < -0.39 is 0 Å². The largest absolute Gasteiger partial charge is 0.462 e. The highest BCUT2D eigenvalue weighted by molar-refractivity contribution is 5.79. The van der Waals surface area contributed by atoms with Crippen molar-refractivity contribution < 1.29 is 14.3 Å². The van der Waals surface area contributed by atoms with Crippen LogP contribution in [0.15, 0.2) is 0 Å². The van der Waals surface area contributed by atoms with Crippen LogP contribution in [0.3, 0.4) is 0 Å². The summed E-state index contributed by atoms with van der Waals surface area (Å²) in [5, 5.41) is 0. The molecule has 0 amide bonds. The number of ketones is 1. The fraction of sp³-hybridized carbons (Fsp3) is 0.905. The predicted octanol–water partition coefficient (Wildman–Crippen LogP) is 4.53. The first-order valence-electron chi connectivity index (χ1n) is 10.0. The first-order valence-corrected chi connectivity index (χ1v) is 10.0. The second-order valence-electron chi connectivity index (χ2n) is 9.62. The molecule has 0 bridgehead atoms. The van der Waals surface area contributed by atoms with Gasteiger partial charge in [-0.3, -0.25) is 9.59 Å². The summed E-state index contributed by atoms with van der Waals surface area (Å²) in [5.41, 5.74) is 0.554. The first-order chi connectivity index (χ1) is 11.3. The molecule has 0 aromatic heterocycles. The van der Waals surface area contributed by atoms with Crippen molar-refractivity contribution in [3.63, 3.8) is 0 Å². The number of hydrogen-bond donors (Lipinski definition) is 0. The van der Waals surface area contributed by atoms with Crippen molar-refractivity contribution >= 4 is 11.8 Å². The number of hydrogen-bond acceptors (Lipinski definition) is 3. The SMILES string of the molecule is CC(=O)O[C@@H]1CC[C@H]2[C@@H]3CC[C@@H]4CC(=O)CC[C@]4(C)[C@H]3CC[C@]12C. The van der Waals surface area contributed by atoms with Crippen LogP contribution in [0, 0.1) is 34.5 Å². The van der Waals surface area contributed by atoms with Crippen LogP contribution in [-0.4, -0.2) is 17.9 Å². The minimum atomic E-state index is -0.120. The Hall–Kier alpha value is -0.860. The zero-order valence-corrected chi connectivity index (χ0v) is 15.5. The van der Waals surface area contributed by atoms with Gasteiger partial charge in [0.05, 0.1) is 0 Å². The quantitative estimate of drug-likeness (QED) is 0.663. The molecule has 0 heterocycles. The average Bonchev–Trinajstić information content (AvgIpc) is 2.84. The van der Waals surface area contributed by atoms with E-state index in [0.717, 1.165) is 37.5 Å².